The molecule has 0 atom stereocenters. The van der Waals surface area contributed by atoms with Crippen LogP contribution in [0.3, 0.4) is 0 Å². The highest BCUT2D eigenvalue weighted by molar-refractivity contribution is 6.09. The maximum absolute atomic E-state index is 6.37. The zero-order valence-electron chi connectivity index (χ0n) is 21.8. The highest BCUT2D eigenvalue weighted by Crippen LogP contribution is 2.59. The molecular weight excluding hydrogens is 468 g/mol. The molecule has 0 N–H and O–H groups in total. The Labute approximate surface area is 220 Å². The maximum atomic E-state index is 6.37. The van der Waals surface area contributed by atoms with Gasteiger partial charge in [0, 0.05) is 74.2 Å². The van der Waals surface area contributed by atoms with Crippen molar-refractivity contribution >= 4 is 39.1 Å². The zero-order chi connectivity index (χ0) is 25.8. The number of nitrogens with zero attached hydrogens (tertiary/aromatic N) is 4. The van der Waals surface area contributed by atoms with Gasteiger partial charge in [-0.05, 0) is 23.8 Å². The number of furan rings is 1. The smallest absolute Gasteiger partial charge is 0.143 e. The zero-order valence-corrected chi connectivity index (χ0v) is 21.8. The van der Waals surface area contributed by atoms with E-state index < -0.39 is 0 Å². The van der Waals surface area contributed by atoms with E-state index in [1.807, 2.05) is 43.1 Å². The molecule has 4 aromatic heterocycles. The molecule has 0 saturated heterocycles. The molecule has 5 heteroatoms. The Hall–Kier alpha value is -4.51. The van der Waals surface area contributed by atoms with Gasteiger partial charge >= 0.3 is 0 Å². The van der Waals surface area contributed by atoms with Crippen LogP contribution >= 0.6 is 0 Å². The third-order valence-corrected chi connectivity index (χ3v) is 8.67. The predicted octanol–water partition coefficient (Wildman–Crippen LogP) is 8.19. The van der Waals surface area contributed by atoms with Crippen molar-refractivity contribution in [3.63, 3.8) is 0 Å². The first-order valence-corrected chi connectivity index (χ1v) is 13.0. The predicted molar refractivity (Wildman–Crippen MR) is 151 cm³/mol. The van der Waals surface area contributed by atoms with Crippen molar-refractivity contribution in [2.24, 2.45) is 0 Å². The van der Waals surface area contributed by atoms with Gasteiger partial charge in [0.25, 0.3) is 0 Å². The van der Waals surface area contributed by atoms with Crippen LogP contribution in [-0.4, -0.2) is 15.0 Å². The van der Waals surface area contributed by atoms with Gasteiger partial charge in [0.15, 0.2) is 0 Å². The van der Waals surface area contributed by atoms with Crippen molar-refractivity contribution in [1.82, 2.24) is 15.0 Å². The SMILES string of the molecule is CC1(C)c2ccncc2N2c3ncc(-c4cccc5c4oc4ccccc45)cc3C(C)(C)c3cncc1c32. The summed E-state index contributed by atoms with van der Waals surface area (Å²) in [6, 6.07) is 19.0. The van der Waals surface area contributed by atoms with Gasteiger partial charge < -0.3 is 4.42 Å². The monoisotopic (exact) mass is 494 g/mol. The van der Waals surface area contributed by atoms with E-state index in [1.54, 1.807) is 0 Å². The minimum Gasteiger partial charge on any atom is -0.455 e. The number of hydrogen-bond donors (Lipinski definition) is 0. The minimum atomic E-state index is -0.301. The maximum Gasteiger partial charge on any atom is 0.143 e. The lowest BCUT2D eigenvalue weighted by atomic mass is 9.68. The number of hydrogen-bond acceptors (Lipinski definition) is 5. The fourth-order valence-electron chi connectivity index (χ4n) is 6.55. The average Bonchev–Trinajstić information content (AvgIpc) is 3.32. The van der Waals surface area contributed by atoms with Crippen LogP contribution in [0.4, 0.5) is 17.2 Å². The summed E-state index contributed by atoms with van der Waals surface area (Å²) < 4.78 is 6.37. The topological polar surface area (TPSA) is 55.1 Å². The summed E-state index contributed by atoms with van der Waals surface area (Å²) in [5, 5.41) is 2.25. The fourth-order valence-corrected chi connectivity index (χ4v) is 6.55. The Morgan fingerprint density at radius 2 is 1.47 bits per heavy atom. The Balaban J connectivity index is 1.41. The van der Waals surface area contributed by atoms with Gasteiger partial charge in [-0.15, -0.1) is 0 Å². The molecule has 5 nitrogen and oxygen atoms in total. The normalized spacial score (nSPS) is 16.3. The molecule has 0 fully saturated rings. The van der Waals surface area contributed by atoms with Crippen molar-refractivity contribution in [2.75, 3.05) is 4.90 Å². The molecule has 0 amide bonds. The lowest BCUT2D eigenvalue weighted by Crippen LogP contribution is -2.38. The van der Waals surface area contributed by atoms with Crippen LogP contribution < -0.4 is 4.90 Å². The molecular formula is C33H26N4O. The largest absolute Gasteiger partial charge is 0.455 e. The van der Waals surface area contributed by atoms with Gasteiger partial charge in [0.05, 0.1) is 17.6 Å². The summed E-state index contributed by atoms with van der Waals surface area (Å²) in [6.07, 6.45) is 9.88. The highest BCUT2D eigenvalue weighted by Gasteiger charge is 2.46. The Morgan fingerprint density at radius 1 is 0.711 bits per heavy atom. The number of para-hydroxylation sites is 2. The van der Waals surface area contributed by atoms with Crippen LogP contribution in [0.1, 0.15) is 49.9 Å². The molecule has 0 aliphatic carbocycles. The van der Waals surface area contributed by atoms with Gasteiger partial charge in [-0.1, -0.05) is 64.1 Å². The lowest BCUT2D eigenvalue weighted by Gasteiger charge is -2.48. The Bertz CT molecular complexity index is 1950. The van der Waals surface area contributed by atoms with E-state index >= 15 is 0 Å². The van der Waals surface area contributed by atoms with Gasteiger partial charge in [-0.3, -0.25) is 14.9 Å². The minimum absolute atomic E-state index is 0.197. The standard InChI is InChI=1S/C33H26N4O/c1-32(2)23-12-13-34-18-27(23)37-29-25(32)16-35-17-26(29)33(3,4)24-14-19(15-36-31(24)37)20-9-7-10-22-21-8-5-6-11-28(21)38-30(20)22/h5-18H,1-4H3. The number of aromatic nitrogens is 3. The molecule has 2 aromatic carbocycles. The molecule has 6 heterocycles. The first kappa shape index (κ1) is 21.6. The van der Waals surface area contributed by atoms with E-state index in [1.165, 1.54) is 22.4 Å². The van der Waals surface area contributed by atoms with Crippen LogP contribution in [0.5, 0.6) is 0 Å². The Morgan fingerprint density at radius 3 is 2.32 bits per heavy atom. The van der Waals surface area contributed by atoms with Gasteiger partial charge in [-0.2, -0.15) is 0 Å². The molecule has 8 rings (SSSR count). The second-order valence-corrected chi connectivity index (χ2v) is 11.4. The number of anilines is 3. The molecule has 184 valence electrons. The molecule has 0 saturated carbocycles. The van der Waals surface area contributed by atoms with E-state index in [-0.39, 0.29) is 10.8 Å². The summed E-state index contributed by atoms with van der Waals surface area (Å²) in [4.78, 5) is 16.7. The van der Waals surface area contributed by atoms with Gasteiger partial charge in [-0.25, -0.2) is 4.98 Å². The van der Waals surface area contributed by atoms with Crippen molar-refractivity contribution in [2.45, 2.75) is 38.5 Å². The molecule has 0 radical (unpaired) electrons. The summed E-state index contributed by atoms with van der Waals surface area (Å²) in [6.45, 7) is 9.10. The van der Waals surface area contributed by atoms with Crippen molar-refractivity contribution in [1.29, 1.82) is 0 Å². The molecule has 38 heavy (non-hydrogen) atoms. The molecule has 0 bridgehead atoms. The van der Waals surface area contributed by atoms with E-state index in [2.05, 4.69) is 80.0 Å². The first-order valence-electron chi connectivity index (χ1n) is 13.0. The second-order valence-electron chi connectivity index (χ2n) is 11.4. The van der Waals surface area contributed by atoms with Crippen LogP contribution in [0.15, 0.2) is 90.0 Å². The summed E-state index contributed by atoms with van der Waals surface area (Å²) in [5.41, 5.74) is 10.4. The van der Waals surface area contributed by atoms with E-state index in [0.717, 1.165) is 50.1 Å². The second kappa shape index (κ2) is 7.07. The number of rotatable bonds is 1. The van der Waals surface area contributed by atoms with E-state index in [0.29, 0.717) is 0 Å². The van der Waals surface area contributed by atoms with Crippen molar-refractivity contribution < 1.29 is 4.42 Å². The van der Waals surface area contributed by atoms with Crippen molar-refractivity contribution in [3.8, 4) is 11.1 Å². The summed E-state index contributed by atoms with van der Waals surface area (Å²) in [5.74, 6) is 0.945. The van der Waals surface area contributed by atoms with Crippen LogP contribution in [0, 0.1) is 0 Å². The van der Waals surface area contributed by atoms with Crippen LogP contribution in [0.25, 0.3) is 33.1 Å². The summed E-state index contributed by atoms with van der Waals surface area (Å²) in [7, 11) is 0. The molecule has 0 spiro atoms. The quantitative estimate of drug-likeness (QED) is 0.231. The molecule has 6 aromatic rings. The first-order chi connectivity index (χ1) is 18.4. The van der Waals surface area contributed by atoms with Gasteiger partial charge in [0.2, 0.25) is 0 Å². The van der Waals surface area contributed by atoms with Crippen molar-refractivity contribution in [3.05, 3.63) is 108 Å². The number of benzene rings is 2. The van der Waals surface area contributed by atoms with Crippen LogP contribution in [0.2, 0.25) is 0 Å². The number of fused-ring (bicyclic) bond motifs is 7. The highest BCUT2D eigenvalue weighted by atomic mass is 16.3. The molecule has 2 aliphatic heterocycles. The van der Waals surface area contributed by atoms with Crippen LogP contribution in [-0.2, 0) is 10.8 Å². The van der Waals surface area contributed by atoms with Gasteiger partial charge in [0.1, 0.15) is 17.0 Å². The fraction of sp³-hybridized carbons (Fsp3) is 0.182. The molecule has 0 unspecified atom stereocenters. The number of pyridine rings is 3. The third kappa shape index (κ3) is 2.58. The van der Waals surface area contributed by atoms with E-state index in [9.17, 15) is 0 Å². The van der Waals surface area contributed by atoms with E-state index in [4.69, 9.17) is 14.4 Å². The Kier molecular flexibility index (Phi) is 4.01. The molecule has 2 aliphatic rings. The third-order valence-electron chi connectivity index (χ3n) is 8.67. The average molecular weight is 495 g/mol. The lowest BCUT2D eigenvalue weighted by molar-refractivity contribution is 0.588. The summed E-state index contributed by atoms with van der Waals surface area (Å²) >= 11 is 0.